The maximum Gasteiger partial charge on any atom is 0.135 e. The Morgan fingerprint density at radius 1 is 0.417 bits per heavy atom. The van der Waals surface area contributed by atoms with Crippen molar-refractivity contribution < 1.29 is 57.4 Å². The minimum absolute atomic E-state index is 0. The van der Waals surface area contributed by atoms with Crippen molar-refractivity contribution in [1.29, 1.82) is 0 Å². The highest BCUT2D eigenvalue weighted by Gasteiger charge is 2.17. The number of nitrogens with zero attached hydrogens (tertiary/aromatic N) is 4. The van der Waals surface area contributed by atoms with Crippen LogP contribution in [0.5, 0.6) is 23.0 Å². The summed E-state index contributed by atoms with van der Waals surface area (Å²) in [5, 5.41) is 0. The molecule has 60 heavy (non-hydrogen) atoms. The predicted octanol–water partition coefficient (Wildman–Crippen LogP) is 5.98. The summed E-state index contributed by atoms with van der Waals surface area (Å²) in [6.45, 7) is 0. The zero-order valence-electron chi connectivity index (χ0n) is 34.4. The number of rotatable bonds is 8. The summed E-state index contributed by atoms with van der Waals surface area (Å²) < 4.78 is 14.0. The van der Waals surface area contributed by atoms with Crippen LogP contribution < -0.4 is 66.4 Å². The largest absolute Gasteiger partial charge is 1.00 e. The summed E-state index contributed by atoms with van der Waals surface area (Å²) in [6, 6.07) is 45.5. The fourth-order valence-electron chi connectivity index (χ4n) is 7.26. The second-order valence-corrected chi connectivity index (χ2v) is 16.5. The number of fused-ring (bicyclic) bond motifs is 8. The number of halogens is 2. The van der Waals surface area contributed by atoms with Gasteiger partial charge in [-0.25, -0.2) is 9.97 Å². The second-order valence-electron chi connectivity index (χ2n) is 16.5. The Hall–Kier alpha value is -5.54. The molecule has 2 aliphatic rings. The molecule has 7 aromatic rings. The fourth-order valence-corrected chi connectivity index (χ4v) is 7.26. The predicted molar refractivity (Wildman–Crippen MR) is 242 cm³/mol. The molecule has 2 aliphatic heterocycles. The Morgan fingerprint density at radius 2 is 0.833 bits per heavy atom. The Kier molecular flexibility index (Phi) is 12.2. The normalized spacial score (nSPS) is 12.1. The second kappa shape index (κ2) is 17.2. The average Bonchev–Trinajstić information content (AvgIpc) is 4.03. The molecule has 9 rings (SSSR count). The van der Waals surface area contributed by atoms with Crippen molar-refractivity contribution in [3.63, 3.8) is 0 Å². The highest BCUT2D eigenvalue weighted by molar-refractivity contribution is 5.94. The van der Waals surface area contributed by atoms with E-state index in [0.29, 0.717) is 8.97 Å². The smallest absolute Gasteiger partial charge is 0.135 e. The Labute approximate surface area is 385 Å². The molecule has 0 unspecified atom stereocenters. The van der Waals surface area contributed by atoms with E-state index in [1.807, 2.05) is 48.5 Å². The molecule has 0 atom stereocenters. The lowest BCUT2D eigenvalue weighted by molar-refractivity contribution is -0.001000. The molecule has 0 fully saturated rings. The molecule has 302 valence electrons. The van der Waals surface area contributed by atoms with Crippen molar-refractivity contribution >= 4 is 57.7 Å². The first-order valence-corrected chi connectivity index (χ1v) is 19.4. The van der Waals surface area contributed by atoms with Crippen molar-refractivity contribution in [2.24, 2.45) is 0 Å². The van der Waals surface area contributed by atoms with Gasteiger partial charge in [0.15, 0.2) is 0 Å². The minimum Gasteiger partial charge on any atom is -1.00 e. The van der Waals surface area contributed by atoms with Crippen molar-refractivity contribution in [2.45, 2.75) is 0 Å². The van der Waals surface area contributed by atoms with Crippen LogP contribution >= 0.6 is 0 Å². The molecule has 8 bridgehead atoms. The van der Waals surface area contributed by atoms with Gasteiger partial charge in [0.25, 0.3) is 0 Å². The van der Waals surface area contributed by atoms with Gasteiger partial charge in [-0.1, -0.05) is 36.4 Å². The van der Waals surface area contributed by atoms with Crippen LogP contribution in [0.3, 0.4) is 0 Å². The summed E-state index contributed by atoms with van der Waals surface area (Å²) in [5.74, 6) is 3.15. The van der Waals surface area contributed by atoms with Gasteiger partial charge in [0, 0.05) is 45.3 Å². The van der Waals surface area contributed by atoms with E-state index >= 15 is 0 Å². The van der Waals surface area contributed by atoms with Crippen LogP contribution in [-0.4, -0.2) is 62.2 Å². The number of aromatic nitrogens is 4. The Morgan fingerprint density at radius 3 is 1.25 bits per heavy atom. The van der Waals surface area contributed by atoms with E-state index in [-0.39, 0.29) is 48.0 Å². The lowest BCUT2D eigenvalue weighted by Crippen LogP contribution is -3.00. The first kappa shape index (κ1) is 42.6. The molecule has 0 saturated carbocycles. The van der Waals surface area contributed by atoms with Crippen LogP contribution in [0.25, 0.3) is 68.6 Å². The lowest BCUT2D eigenvalue weighted by Gasteiger charge is -2.23. The molecule has 0 saturated heterocycles. The van der Waals surface area contributed by atoms with Crippen LogP contribution in [0.2, 0.25) is 0 Å². The maximum absolute atomic E-state index is 6.31. The van der Waals surface area contributed by atoms with Crippen molar-refractivity contribution in [3.8, 4) is 45.3 Å². The Bertz CT molecular complexity index is 2820. The van der Waals surface area contributed by atoms with Gasteiger partial charge in [0.05, 0.1) is 65.1 Å². The molecule has 2 N–H and O–H groups in total. The molecule has 10 heteroatoms. The Balaban J connectivity index is 0.00000272. The van der Waals surface area contributed by atoms with Gasteiger partial charge in [0.1, 0.15) is 34.4 Å². The molecule has 4 aromatic carbocycles. The quantitative estimate of drug-likeness (QED) is 0.145. The molecule has 0 aliphatic carbocycles. The number of hydrogen-bond acceptors (Lipinski definition) is 4. The van der Waals surface area contributed by atoms with Gasteiger partial charge in [-0.3, -0.25) is 8.97 Å². The third-order valence-electron chi connectivity index (χ3n) is 10.3. The summed E-state index contributed by atoms with van der Waals surface area (Å²) in [4.78, 5) is 17.6. The number of ether oxygens (including phenoxy) is 2. The fraction of sp³-hybridized carbons (Fsp3) is 0.120. The van der Waals surface area contributed by atoms with E-state index in [9.17, 15) is 0 Å². The van der Waals surface area contributed by atoms with Gasteiger partial charge in [-0.2, -0.15) is 0 Å². The molecule has 5 heterocycles. The van der Waals surface area contributed by atoms with Crippen LogP contribution in [0, 0.1) is 0 Å². The van der Waals surface area contributed by atoms with Gasteiger partial charge in [0.2, 0.25) is 0 Å². The van der Waals surface area contributed by atoms with E-state index in [1.165, 1.54) is 11.4 Å². The van der Waals surface area contributed by atoms with Crippen molar-refractivity contribution in [3.05, 3.63) is 156 Å². The molecular weight excluding hydrogens is 970 g/mol. The van der Waals surface area contributed by atoms with Gasteiger partial charge < -0.3 is 67.4 Å². The van der Waals surface area contributed by atoms with E-state index in [4.69, 9.17) is 19.4 Å². The number of nitrogens with one attached hydrogen (secondary N) is 2. The highest BCUT2D eigenvalue weighted by Crippen LogP contribution is 2.36. The molecule has 3 aromatic heterocycles. The summed E-state index contributed by atoms with van der Waals surface area (Å²) >= 11 is 0. The standard InChI is InChI=1S/C50H46N6O2.2HI/c1-55(2,3)39-9-7-11-43(31-39)57-41-21-13-33(14-22-41)49-45-25-17-35(51-45)29-37-19-27-47(53-37)50(48-28-20-38(54-48)30-36-18-26-46(49)52-36)34-15-23-42(24-16-34)58-44-12-8-10-40(32-44)56(4,5)6;;/h7-32,51-52H,1-6H3;2*1H/q+2;;/p-2. The van der Waals surface area contributed by atoms with Gasteiger partial charge in [-0.05, 0) is 120 Å². The van der Waals surface area contributed by atoms with Crippen molar-refractivity contribution in [1.82, 2.24) is 28.9 Å². The zero-order valence-corrected chi connectivity index (χ0v) is 38.7. The summed E-state index contributed by atoms with van der Waals surface area (Å²) in [5.41, 5.74) is 13.6. The SMILES string of the molecule is C[N+](C)(C)c1cccc(Oc2ccc(-c3c4nc(cc5ccc([nH]5)c(-c5ccc(Oc6cccc([N+](C)(C)C)c6)cc5)c5ccc(cc6nc3C=C6)[nH]5)C=C4)cc2)c1.[I-].[I-]. The van der Waals surface area contributed by atoms with Crippen LogP contribution in [0.4, 0.5) is 11.4 Å². The topological polar surface area (TPSA) is 75.8 Å². The van der Waals surface area contributed by atoms with Crippen LogP contribution in [-0.2, 0) is 0 Å². The van der Waals surface area contributed by atoms with Crippen molar-refractivity contribution in [2.75, 3.05) is 42.3 Å². The van der Waals surface area contributed by atoms with Crippen LogP contribution in [0.15, 0.2) is 133 Å². The number of H-pyrrole nitrogens is 2. The highest BCUT2D eigenvalue weighted by atomic mass is 127. The molecule has 0 spiro atoms. The van der Waals surface area contributed by atoms with Gasteiger partial charge in [-0.15, -0.1) is 0 Å². The van der Waals surface area contributed by atoms with E-state index in [1.54, 1.807) is 0 Å². The number of quaternary nitrogens is 2. The first-order chi connectivity index (χ1) is 27.9. The first-order valence-electron chi connectivity index (χ1n) is 19.4. The van der Waals surface area contributed by atoms with Gasteiger partial charge >= 0.3 is 0 Å². The minimum atomic E-state index is 0. The third kappa shape index (κ3) is 9.26. The molecule has 0 amide bonds. The molecule has 0 radical (unpaired) electrons. The number of aromatic amines is 2. The third-order valence-corrected chi connectivity index (χ3v) is 10.3. The summed E-state index contributed by atoms with van der Waals surface area (Å²) in [6.07, 6.45) is 8.24. The van der Waals surface area contributed by atoms with E-state index < -0.39 is 0 Å². The number of hydrogen-bond donors (Lipinski definition) is 2. The molecule has 8 nitrogen and oxygen atoms in total. The monoisotopic (exact) mass is 1020 g/mol. The lowest BCUT2D eigenvalue weighted by atomic mass is 10.0. The average molecular weight is 1020 g/mol. The molecular formula is C50H46I2N6O2. The zero-order chi connectivity index (χ0) is 40.0. The van der Waals surface area contributed by atoms with E-state index in [2.05, 4.69) is 161 Å². The number of benzene rings is 4. The van der Waals surface area contributed by atoms with E-state index in [0.717, 1.165) is 90.1 Å². The maximum atomic E-state index is 6.31. The summed E-state index contributed by atoms with van der Waals surface area (Å²) in [7, 11) is 12.9. The van der Waals surface area contributed by atoms with Crippen LogP contribution in [0.1, 0.15) is 22.8 Å².